The van der Waals surface area contributed by atoms with Gasteiger partial charge in [-0.05, 0) is 102 Å². The first-order valence-electron chi connectivity index (χ1n) is 12.7. The average Bonchev–Trinajstić information content (AvgIpc) is 3.01. The van der Waals surface area contributed by atoms with Crippen molar-refractivity contribution in [3.05, 3.63) is 104 Å². The van der Waals surface area contributed by atoms with Crippen molar-refractivity contribution in [1.29, 1.82) is 0 Å². The summed E-state index contributed by atoms with van der Waals surface area (Å²) in [5.41, 5.74) is 10.4. The Labute approximate surface area is 218 Å². The molecule has 1 heterocycles. The van der Waals surface area contributed by atoms with E-state index < -0.39 is 0 Å². The van der Waals surface area contributed by atoms with Gasteiger partial charge in [-0.2, -0.15) is 0 Å². The number of halogens is 3. The van der Waals surface area contributed by atoms with Crippen LogP contribution in [0.25, 0.3) is 11.1 Å². The maximum Gasteiger partial charge on any atom is 0.0906 e. The van der Waals surface area contributed by atoms with Crippen LogP contribution in [0.15, 0.2) is 60.7 Å². The van der Waals surface area contributed by atoms with Gasteiger partial charge in [-0.25, -0.2) is 0 Å². The fraction of sp³-hybridized carbons (Fsp3) is 0.355. The summed E-state index contributed by atoms with van der Waals surface area (Å²) in [5, 5.41) is 1.37. The van der Waals surface area contributed by atoms with Gasteiger partial charge >= 0.3 is 0 Å². The number of allylic oxidation sites excluding steroid dienone is 1. The number of rotatable bonds is 7. The van der Waals surface area contributed by atoms with Crippen molar-refractivity contribution < 1.29 is 4.39 Å². The minimum absolute atomic E-state index is 0.218. The second kappa shape index (κ2) is 10.9. The highest BCUT2D eigenvalue weighted by Gasteiger charge is 2.26. The van der Waals surface area contributed by atoms with E-state index in [4.69, 9.17) is 23.2 Å². The molecule has 2 aliphatic rings. The predicted octanol–water partition coefficient (Wildman–Crippen LogP) is 8.43. The molecular formula is C31H32Cl2FN. The second-order valence-corrected chi connectivity index (χ2v) is 10.8. The molecule has 182 valence electrons. The van der Waals surface area contributed by atoms with Crippen molar-refractivity contribution in [2.24, 2.45) is 5.92 Å². The van der Waals surface area contributed by atoms with Crippen molar-refractivity contribution in [3.8, 4) is 0 Å². The monoisotopic (exact) mass is 507 g/mol. The lowest BCUT2D eigenvalue weighted by Gasteiger charge is -2.39. The van der Waals surface area contributed by atoms with E-state index in [0.29, 0.717) is 22.4 Å². The number of fused-ring (bicyclic) bond motifs is 1. The second-order valence-electron chi connectivity index (χ2n) is 10.0. The molecule has 5 rings (SSSR count). The zero-order valence-electron chi connectivity index (χ0n) is 20.3. The highest BCUT2D eigenvalue weighted by Crippen LogP contribution is 2.43. The van der Waals surface area contributed by atoms with E-state index in [1.54, 1.807) is 0 Å². The summed E-state index contributed by atoms with van der Waals surface area (Å²) in [5.74, 6) is 0.671. The summed E-state index contributed by atoms with van der Waals surface area (Å²) in [7, 11) is 0. The molecule has 1 aliphatic carbocycles. The van der Waals surface area contributed by atoms with E-state index in [0.717, 1.165) is 50.9 Å². The van der Waals surface area contributed by atoms with Crippen LogP contribution >= 0.6 is 23.2 Å². The van der Waals surface area contributed by atoms with Crippen molar-refractivity contribution >= 4 is 34.3 Å². The molecule has 0 amide bonds. The van der Waals surface area contributed by atoms with Gasteiger partial charge in [-0.15, -0.1) is 0 Å². The van der Waals surface area contributed by atoms with Gasteiger partial charge in [0.25, 0.3) is 0 Å². The van der Waals surface area contributed by atoms with Crippen LogP contribution in [0.2, 0.25) is 10.0 Å². The summed E-state index contributed by atoms with van der Waals surface area (Å²) in [6.07, 6.45) is 4.87. The van der Waals surface area contributed by atoms with E-state index in [-0.39, 0.29) is 6.67 Å². The molecular weight excluding hydrogens is 476 g/mol. The first kappa shape index (κ1) is 24.6. The summed E-state index contributed by atoms with van der Waals surface area (Å²) in [4.78, 5) is 2.36. The molecule has 0 unspecified atom stereocenters. The first-order valence-corrected chi connectivity index (χ1v) is 13.4. The Morgan fingerprint density at radius 1 is 0.943 bits per heavy atom. The van der Waals surface area contributed by atoms with Crippen molar-refractivity contribution in [1.82, 2.24) is 4.90 Å². The van der Waals surface area contributed by atoms with E-state index in [2.05, 4.69) is 60.4 Å². The van der Waals surface area contributed by atoms with Crippen molar-refractivity contribution in [2.75, 3.05) is 26.3 Å². The molecule has 3 aromatic rings. The van der Waals surface area contributed by atoms with Crippen LogP contribution in [0.3, 0.4) is 0 Å². The molecule has 35 heavy (non-hydrogen) atoms. The van der Waals surface area contributed by atoms with Gasteiger partial charge in [-0.3, -0.25) is 4.39 Å². The number of benzene rings is 3. The van der Waals surface area contributed by atoms with Crippen LogP contribution < -0.4 is 0 Å². The summed E-state index contributed by atoms with van der Waals surface area (Å²) < 4.78 is 12.4. The van der Waals surface area contributed by atoms with Gasteiger partial charge in [0.1, 0.15) is 0 Å². The SMILES string of the molecule is Cc1cccc2c1CCCC(c1ccc(Cl)cc1Cl)=C2c1ccc(CC2CN(CCCF)C2)cc1. The molecule has 0 radical (unpaired) electrons. The third-order valence-corrected chi connectivity index (χ3v) is 8.05. The maximum atomic E-state index is 12.4. The number of nitrogens with zero attached hydrogens (tertiary/aromatic N) is 1. The molecule has 0 saturated carbocycles. The Hall–Kier alpha value is -2.13. The molecule has 0 atom stereocenters. The van der Waals surface area contributed by atoms with Crippen LogP contribution in [0.4, 0.5) is 4.39 Å². The summed E-state index contributed by atoms with van der Waals surface area (Å²) >= 11 is 13.0. The van der Waals surface area contributed by atoms with Crippen molar-refractivity contribution in [2.45, 2.75) is 39.0 Å². The lowest BCUT2D eigenvalue weighted by Crippen LogP contribution is -2.47. The Kier molecular flexibility index (Phi) is 7.62. The topological polar surface area (TPSA) is 3.24 Å². The third kappa shape index (κ3) is 5.35. The largest absolute Gasteiger partial charge is 0.303 e. The lowest BCUT2D eigenvalue weighted by atomic mass is 9.85. The predicted molar refractivity (Wildman–Crippen MR) is 147 cm³/mol. The number of alkyl halides is 1. The number of aryl methyl sites for hydroxylation is 1. The standard InChI is InChI=1S/C31H32Cl2FN/c1-21-5-2-7-28-26(21)6-3-8-29(27-14-13-25(32)18-30(27)33)31(28)24-11-9-22(10-12-24)17-23-19-35(20-23)16-4-15-34/h2,5,7,9-14,18,23H,3-4,6,8,15-17,19-20H2,1H3. The van der Waals surface area contributed by atoms with E-state index in [9.17, 15) is 4.39 Å². The van der Waals surface area contributed by atoms with Gasteiger partial charge in [0.15, 0.2) is 0 Å². The smallest absolute Gasteiger partial charge is 0.0906 e. The molecule has 4 heteroatoms. The Balaban J connectivity index is 1.49. The molecule has 0 spiro atoms. The minimum Gasteiger partial charge on any atom is -0.303 e. The van der Waals surface area contributed by atoms with Crippen LogP contribution in [0.1, 0.15) is 52.6 Å². The highest BCUT2D eigenvalue weighted by atomic mass is 35.5. The fourth-order valence-corrected chi connectivity index (χ4v) is 6.27. The molecule has 1 nitrogen and oxygen atoms in total. The zero-order valence-corrected chi connectivity index (χ0v) is 21.8. The average molecular weight is 509 g/mol. The Morgan fingerprint density at radius 3 is 2.49 bits per heavy atom. The molecule has 0 N–H and O–H groups in total. The molecule has 1 saturated heterocycles. The normalized spacial score (nSPS) is 16.7. The number of hydrogen-bond donors (Lipinski definition) is 0. The van der Waals surface area contributed by atoms with Crippen LogP contribution in [0.5, 0.6) is 0 Å². The maximum absolute atomic E-state index is 12.4. The van der Waals surface area contributed by atoms with Gasteiger partial charge < -0.3 is 4.90 Å². The summed E-state index contributed by atoms with van der Waals surface area (Å²) in [6.45, 7) is 5.05. The van der Waals surface area contributed by atoms with Crippen LogP contribution in [-0.2, 0) is 12.8 Å². The van der Waals surface area contributed by atoms with Gasteiger partial charge in [0, 0.05) is 29.7 Å². The van der Waals surface area contributed by atoms with E-state index in [1.165, 1.54) is 39.0 Å². The quantitative estimate of drug-likeness (QED) is 0.310. The Morgan fingerprint density at radius 2 is 1.74 bits per heavy atom. The van der Waals surface area contributed by atoms with E-state index >= 15 is 0 Å². The highest BCUT2D eigenvalue weighted by molar-refractivity contribution is 6.36. The lowest BCUT2D eigenvalue weighted by molar-refractivity contribution is 0.0968. The van der Waals surface area contributed by atoms with Gasteiger partial charge in [-0.1, -0.05) is 71.7 Å². The van der Waals surface area contributed by atoms with E-state index in [1.807, 2.05) is 12.1 Å². The number of hydrogen-bond acceptors (Lipinski definition) is 1. The summed E-state index contributed by atoms with van der Waals surface area (Å²) in [6, 6.07) is 21.6. The van der Waals surface area contributed by atoms with Crippen LogP contribution in [0, 0.1) is 12.8 Å². The van der Waals surface area contributed by atoms with Crippen molar-refractivity contribution in [3.63, 3.8) is 0 Å². The first-order chi connectivity index (χ1) is 17.0. The Bertz CT molecular complexity index is 1230. The molecule has 1 fully saturated rings. The molecule has 3 aromatic carbocycles. The molecule has 0 bridgehead atoms. The zero-order chi connectivity index (χ0) is 24.4. The minimum atomic E-state index is -0.218. The molecule has 0 aromatic heterocycles. The number of likely N-dealkylation sites (tertiary alicyclic amines) is 1. The van der Waals surface area contributed by atoms with Gasteiger partial charge in [0.05, 0.1) is 6.67 Å². The van der Waals surface area contributed by atoms with Gasteiger partial charge in [0.2, 0.25) is 0 Å². The molecule has 1 aliphatic heterocycles. The van der Waals surface area contributed by atoms with Crippen LogP contribution in [-0.4, -0.2) is 31.2 Å². The fourth-order valence-electron chi connectivity index (χ4n) is 5.74. The third-order valence-electron chi connectivity index (χ3n) is 7.50.